The van der Waals surface area contributed by atoms with Crippen molar-refractivity contribution in [3.05, 3.63) is 53.5 Å². The van der Waals surface area contributed by atoms with E-state index in [0.717, 1.165) is 11.5 Å². The highest BCUT2D eigenvalue weighted by Gasteiger charge is 2.19. The van der Waals surface area contributed by atoms with Crippen LogP contribution in [0, 0.1) is 5.21 Å². The van der Waals surface area contributed by atoms with Crippen molar-refractivity contribution < 1.29 is 14.5 Å². The summed E-state index contributed by atoms with van der Waals surface area (Å²) in [6, 6.07) is 7.04. The molecule has 0 heterocycles. The molecule has 2 unspecified atom stereocenters. The Hall–Kier alpha value is -1.78. The van der Waals surface area contributed by atoms with Crippen LogP contribution in [0.3, 0.4) is 0 Å². The number of quaternary nitrogens is 1. The summed E-state index contributed by atoms with van der Waals surface area (Å²) in [5.74, 6) is 1.59. The predicted molar refractivity (Wildman–Crippen MR) is 69.6 cm³/mol. The molecule has 1 aliphatic carbocycles. The minimum Gasteiger partial charge on any atom is -0.628 e. The van der Waals surface area contributed by atoms with Crippen LogP contribution < -0.4 is 9.80 Å². The Balaban J connectivity index is 2.09. The molecule has 0 saturated carbocycles. The molecule has 0 aromatic heterocycles. The van der Waals surface area contributed by atoms with E-state index >= 15 is 0 Å². The first-order valence-electron chi connectivity index (χ1n) is 5.84. The number of rotatable bonds is 4. The van der Waals surface area contributed by atoms with Crippen LogP contribution in [0.5, 0.6) is 5.75 Å². The van der Waals surface area contributed by atoms with E-state index in [9.17, 15) is 5.21 Å². The molecule has 0 amide bonds. The number of hydrogen-bond donors (Lipinski definition) is 1. The Kier molecular flexibility index (Phi) is 4.02. The molecule has 0 saturated heterocycles. The lowest BCUT2D eigenvalue weighted by molar-refractivity contribution is -0.798. The normalized spacial score (nSPS) is 20.2. The summed E-state index contributed by atoms with van der Waals surface area (Å²) in [6.45, 7) is 0. The minimum atomic E-state index is -0.140. The number of benzene rings is 1. The van der Waals surface area contributed by atoms with Crippen LogP contribution in [0.4, 0.5) is 5.69 Å². The summed E-state index contributed by atoms with van der Waals surface area (Å²) < 4.78 is 10.3. The van der Waals surface area contributed by atoms with E-state index in [1.54, 1.807) is 38.5 Å². The van der Waals surface area contributed by atoms with Gasteiger partial charge >= 0.3 is 0 Å². The fourth-order valence-electron chi connectivity index (χ4n) is 1.95. The van der Waals surface area contributed by atoms with Crippen molar-refractivity contribution in [2.45, 2.75) is 12.5 Å². The maximum Gasteiger partial charge on any atom is 0.131 e. The minimum absolute atomic E-state index is 0.108. The van der Waals surface area contributed by atoms with Crippen molar-refractivity contribution in [3.8, 4) is 5.75 Å². The van der Waals surface area contributed by atoms with Crippen LogP contribution in [0.1, 0.15) is 6.42 Å². The number of hydrogen-bond acceptors (Lipinski definition) is 3. The van der Waals surface area contributed by atoms with Gasteiger partial charge in [0.05, 0.1) is 20.6 Å². The summed E-state index contributed by atoms with van der Waals surface area (Å²) in [7, 11) is 3.23. The molecule has 2 rings (SSSR count). The zero-order valence-corrected chi connectivity index (χ0v) is 10.6. The van der Waals surface area contributed by atoms with Crippen LogP contribution in [0.25, 0.3) is 0 Å². The van der Waals surface area contributed by atoms with E-state index in [1.165, 1.54) is 0 Å². The van der Waals surface area contributed by atoms with E-state index < -0.39 is 0 Å². The zero-order chi connectivity index (χ0) is 13.0. The van der Waals surface area contributed by atoms with Crippen LogP contribution in [-0.4, -0.2) is 20.3 Å². The van der Waals surface area contributed by atoms with Gasteiger partial charge in [0.2, 0.25) is 0 Å². The fraction of sp³-hybridized carbons (Fsp3) is 0.286. The van der Waals surface area contributed by atoms with Crippen LogP contribution in [-0.2, 0) is 4.74 Å². The zero-order valence-electron chi connectivity index (χ0n) is 10.6. The summed E-state index contributed by atoms with van der Waals surface area (Å²) in [5, 5.41) is 12.4. The summed E-state index contributed by atoms with van der Waals surface area (Å²) >= 11 is 0. The van der Waals surface area contributed by atoms with Gasteiger partial charge in [0.1, 0.15) is 23.2 Å². The molecule has 2 atom stereocenters. The van der Waals surface area contributed by atoms with E-state index in [-0.39, 0.29) is 11.1 Å². The largest absolute Gasteiger partial charge is 0.628 e. The molecule has 4 nitrogen and oxygen atoms in total. The number of nitrogens with one attached hydrogen (secondary N) is 1. The number of allylic oxidation sites excluding steroid dienone is 2. The van der Waals surface area contributed by atoms with Gasteiger partial charge in [0.25, 0.3) is 0 Å². The number of methoxy groups -OCH3 is 2. The summed E-state index contributed by atoms with van der Waals surface area (Å²) in [5.41, 5.74) is 0.697. The molecular formula is C14H17NO3. The van der Waals surface area contributed by atoms with Gasteiger partial charge in [0.15, 0.2) is 0 Å². The summed E-state index contributed by atoms with van der Waals surface area (Å²) in [4.78, 5) is 0. The smallest absolute Gasteiger partial charge is 0.131 e. The molecule has 0 radical (unpaired) electrons. The maximum atomic E-state index is 12.3. The maximum absolute atomic E-state index is 12.3. The Bertz CT molecular complexity index is 451. The average molecular weight is 247 g/mol. The van der Waals surface area contributed by atoms with Gasteiger partial charge in [-0.1, -0.05) is 6.08 Å². The molecule has 0 bridgehead atoms. The third-order valence-electron chi connectivity index (χ3n) is 3.02. The number of hydroxylamine groups is 1. The van der Waals surface area contributed by atoms with E-state index in [0.29, 0.717) is 12.1 Å². The quantitative estimate of drug-likeness (QED) is 0.821. The van der Waals surface area contributed by atoms with Crippen molar-refractivity contribution in [3.63, 3.8) is 0 Å². The Morgan fingerprint density at radius 2 is 1.89 bits per heavy atom. The van der Waals surface area contributed by atoms with E-state index in [4.69, 9.17) is 9.47 Å². The van der Waals surface area contributed by atoms with Gasteiger partial charge in [-0.2, -0.15) is 0 Å². The van der Waals surface area contributed by atoms with Crippen molar-refractivity contribution in [1.29, 1.82) is 0 Å². The Morgan fingerprint density at radius 3 is 2.50 bits per heavy atom. The first kappa shape index (κ1) is 12.7. The lowest BCUT2D eigenvalue weighted by Gasteiger charge is -2.30. The topological polar surface area (TPSA) is 46.0 Å². The molecule has 18 heavy (non-hydrogen) atoms. The lowest BCUT2D eigenvalue weighted by atomic mass is 10.1. The SMILES string of the molecule is COC1=CC=CC([NH+]([O-])c2ccc(OC)cc2)C1. The molecule has 1 N–H and O–H groups in total. The van der Waals surface area contributed by atoms with Gasteiger partial charge in [-0.15, -0.1) is 0 Å². The fourth-order valence-corrected chi connectivity index (χ4v) is 1.95. The molecule has 1 aromatic carbocycles. The van der Waals surface area contributed by atoms with Crippen LogP contribution >= 0.6 is 0 Å². The van der Waals surface area contributed by atoms with Gasteiger partial charge < -0.3 is 19.7 Å². The molecule has 0 aliphatic heterocycles. The van der Waals surface area contributed by atoms with Gasteiger partial charge in [-0.3, -0.25) is 0 Å². The van der Waals surface area contributed by atoms with E-state index in [2.05, 4.69) is 0 Å². The third-order valence-corrected chi connectivity index (χ3v) is 3.02. The standard InChI is InChI=1S/C14H17NO3/c1-17-13-8-6-11(7-9-13)15(16)12-4-3-5-14(10-12)18-2/h3-9,12,15H,10H2,1-2H3. The van der Waals surface area contributed by atoms with Crippen LogP contribution in [0.15, 0.2) is 48.3 Å². The highest BCUT2D eigenvalue weighted by molar-refractivity contribution is 5.36. The second kappa shape index (κ2) is 5.71. The highest BCUT2D eigenvalue weighted by Crippen LogP contribution is 2.15. The van der Waals surface area contributed by atoms with E-state index in [1.807, 2.05) is 18.2 Å². The molecule has 0 spiro atoms. The Labute approximate surface area is 107 Å². The van der Waals surface area contributed by atoms with Crippen molar-refractivity contribution in [1.82, 2.24) is 0 Å². The summed E-state index contributed by atoms with van der Waals surface area (Å²) in [6.07, 6.45) is 6.29. The first-order chi connectivity index (χ1) is 8.74. The first-order valence-corrected chi connectivity index (χ1v) is 5.84. The lowest BCUT2D eigenvalue weighted by Crippen LogP contribution is -3.06. The molecular weight excluding hydrogens is 230 g/mol. The molecule has 96 valence electrons. The molecule has 1 aromatic rings. The number of ether oxygens (including phenoxy) is 2. The predicted octanol–water partition coefficient (Wildman–Crippen LogP) is 1.57. The highest BCUT2D eigenvalue weighted by atomic mass is 16.5. The van der Waals surface area contributed by atoms with Gasteiger partial charge in [-0.05, 0) is 24.3 Å². The van der Waals surface area contributed by atoms with Crippen molar-refractivity contribution >= 4 is 5.69 Å². The van der Waals surface area contributed by atoms with Gasteiger partial charge in [-0.25, -0.2) is 0 Å². The molecule has 1 aliphatic rings. The Morgan fingerprint density at radius 1 is 1.17 bits per heavy atom. The second-order valence-corrected chi connectivity index (χ2v) is 4.13. The van der Waals surface area contributed by atoms with Crippen molar-refractivity contribution in [2.75, 3.05) is 14.2 Å². The molecule has 0 fully saturated rings. The third kappa shape index (κ3) is 2.72. The molecule has 4 heteroatoms. The van der Waals surface area contributed by atoms with Crippen LogP contribution in [0.2, 0.25) is 0 Å². The second-order valence-electron chi connectivity index (χ2n) is 4.13. The van der Waals surface area contributed by atoms with Gasteiger partial charge in [0, 0.05) is 12.1 Å². The van der Waals surface area contributed by atoms with Crippen molar-refractivity contribution in [2.24, 2.45) is 0 Å². The average Bonchev–Trinajstić information content (AvgIpc) is 2.46. The monoisotopic (exact) mass is 247 g/mol.